The summed E-state index contributed by atoms with van der Waals surface area (Å²) in [5, 5.41) is 4.05. The first kappa shape index (κ1) is 18.2. The van der Waals surface area contributed by atoms with Crippen LogP contribution in [0.25, 0.3) is 0 Å². The maximum Gasteiger partial charge on any atom is 0.236 e. The van der Waals surface area contributed by atoms with Crippen LogP contribution >= 0.6 is 0 Å². The monoisotopic (exact) mass is 368 g/mol. The van der Waals surface area contributed by atoms with Crippen LogP contribution in [0.1, 0.15) is 37.5 Å². The Morgan fingerprint density at radius 3 is 2.74 bits per heavy atom. The summed E-state index contributed by atoms with van der Waals surface area (Å²) in [5.41, 5.74) is 1.04. The van der Waals surface area contributed by atoms with Crippen LogP contribution in [0.3, 0.4) is 0 Å². The maximum atomic E-state index is 12.7. The quantitative estimate of drug-likeness (QED) is 0.830. The Bertz CT molecular complexity index is 804. The van der Waals surface area contributed by atoms with E-state index in [1.54, 1.807) is 0 Å². The van der Waals surface area contributed by atoms with E-state index in [0.29, 0.717) is 24.2 Å². The lowest BCUT2D eigenvalue weighted by molar-refractivity contribution is -0.133. The first-order valence-corrected chi connectivity index (χ1v) is 9.84. The molecule has 6 nitrogen and oxygen atoms in total. The molecular formula is C21H28N4O2. The van der Waals surface area contributed by atoms with Crippen molar-refractivity contribution in [1.82, 2.24) is 19.9 Å². The van der Waals surface area contributed by atoms with E-state index in [1.807, 2.05) is 31.7 Å². The fraction of sp³-hybridized carbons (Fsp3) is 0.571. The number of likely N-dealkylation sites (tertiary alicyclic amines) is 2. The lowest BCUT2D eigenvalue weighted by Crippen LogP contribution is -2.51. The molecule has 2 aliphatic rings. The first-order valence-electron chi connectivity index (χ1n) is 9.84. The van der Waals surface area contributed by atoms with Crippen LogP contribution in [0, 0.1) is 18.8 Å². The average molecular weight is 368 g/mol. The van der Waals surface area contributed by atoms with Gasteiger partial charge in [-0.15, -0.1) is 0 Å². The molecule has 2 fully saturated rings. The van der Waals surface area contributed by atoms with Crippen LogP contribution in [0.2, 0.25) is 0 Å². The second-order valence-electron chi connectivity index (χ2n) is 8.36. The van der Waals surface area contributed by atoms with Crippen molar-refractivity contribution in [2.24, 2.45) is 11.8 Å². The zero-order valence-corrected chi connectivity index (χ0v) is 16.4. The van der Waals surface area contributed by atoms with E-state index in [0.717, 1.165) is 32.6 Å². The van der Waals surface area contributed by atoms with Gasteiger partial charge < -0.3 is 9.42 Å². The third-order valence-corrected chi connectivity index (χ3v) is 6.00. The molecule has 2 atom stereocenters. The lowest BCUT2D eigenvalue weighted by atomic mass is 9.73. The van der Waals surface area contributed by atoms with Crippen LogP contribution in [0.15, 0.2) is 34.9 Å². The molecule has 2 saturated heterocycles. The Morgan fingerprint density at radius 2 is 2.07 bits per heavy atom. The van der Waals surface area contributed by atoms with Crippen LogP contribution < -0.4 is 0 Å². The van der Waals surface area contributed by atoms with E-state index < -0.39 is 0 Å². The number of nitrogens with zero attached hydrogens (tertiary/aromatic N) is 4. The van der Waals surface area contributed by atoms with Crippen molar-refractivity contribution in [3.8, 4) is 0 Å². The van der Waals surface area contributed by atoms with Gasteiger partial charge in [-0.05, 0) is 31.4 Å². The highest BCUT2D eigenvalue weighted by Gasteiger charge is 2.55. The van der Waals surface area contributed by atoms with Gasteiger partial charge in [-0.3, -0.25) is 9.69 Å². The molecule has 3 heterocycles. The lowest BCUT2D eigenvalue weighted by Gasteiger charge is -2.41. The maximum absolute atomic E-state index is 12.7. The van der Waals surface area contributed by atoms with Gasteiger partial charge in [-0.25, -0.2) is 0 Å². The Labute approximate surface area is 160 Å². The summed E-state index contributed by atoms with van der Waals surface area (Å²) in [6.45, 7) is 10.0. The highest BCUT2D eigenvalue weighted by molar-refractivity contribution is 5.78. The van der Waals surface area contributed by atoms with E-state index in [-0.39, 0.29) is 17.2 Å². The summed E-state index contributed by atoms with van der Waals surface area (Å²) in [7, 11) is 0. The molecule has 0 unspecified atom stereocenters. The number of hydrogen-bond donors (Lipinski definition) is 0. The molecule has 1 aromatic carbocycles. The smallest absolute Gasteiger partial charge is 0.236 e. The number of aryl methyl sites for hydroxylation is 1. The summed E-state index contributed by atoms with van der Waals surface area (Å²) >= 11 is 0. The van der Waals surface area contributed by atoms with Gasteiger partial charge in [-0.1, -0.05) is 49.3 Å². The standard InChI is InChI=1S/C21H28N4O2/c1-15(2)19(26)25-12-18-9-10-24(11-17-7-5-4-6-8-17)13-21(18,14-25)20-22-16(3)23-27-20/h4-8,15,18H,9-14H2,1-3H3/t18-,21-/m0/s1. The van der Waals surface area contributed by atoms with Gasteiger partial charge in [0.15, 0.2) is 5.82 Å². The topological polar surface area (TPSA) is 62.5 Å². The number of benzene rings is 1. The highest BCUT2D eigenvalue weighted by Crippen LogP contribution is 2.44. The van der Waals surface area contributed by atoms with Gasteiger partial charge in [0.2, 0.25) is 11.8 Å². The second kappa shape index (κ2) is 7.08. The fourth-order valence-corrected chi connectivity index (χ4v) is 4.66. The van der Waals surface area contributed by atoms with Gasteiger partial charge in [0.25, 0.3) is 0 Å². The summed E-state index contributed by atoms with van der Waals surface area (Å²) in [6, 6.07) is 10.5. The number of piperidine rings is 1. The molecule has 0 saturated carbocycles. The minimum atomic E-state index is -0.265. The zero-order valence-electron chi connectivity index (χ0n) is 16.4. The Kier molecular flexibility index (Phi) is 4.76. The van der Waals surface area contributed by atoms with E-state index in [2.05, 4.69) is 39.3 Å². The number of hydrogen-bond acceptors (Lipinski definition) is 5. The van der Waals surface area contributed by atoms with Crippen molar-refractivity contribution in [2.75, 3.05) is 26.2 Å². The summed E-state index contributed by atoms with van der Waals surface area (Å²) in [6.07, 6.45) is 1.04. The molecule has 0 N–H and O–H groups in total. The number of aromatic nitrogens is 2. The van der Waals surface area contributed by atoms with Crippen LogP contribution in [-0.4, -0.2) is 52.0 Å². The molecule has 0 radical (unpaired) electrons. The molecule has 6 heteroatoms. The molecule has 27 heavy (non-hydrogen) atoms. The van der Waals surface area contributed by atoms with Gasteiger partial charge in [0.1, 0.15) is 0 Å². The van der Waals surface area contributed by atoms with Crippen molar-refractivity contribution in [1.29, 1.82) is 0 Å². The Morgan fingerprint density at radius 1 is 1.30 bits per heavy atom. The summed E-state index contributed by atoms with van der Waals surface area (Å²) in [4.78, 5) is 21.8. The van der Waals surface area contributed by atoms with Crippen LogP contribution in [0.4, 0.5) is 0 Å². The minimum Gasteiger partial charge on any atom is -0.341 e. The molecule has 0 aliphatic carbocycles. The third-order valence-electron chi connectivity index (χ3n) is 6.00. The van der Waals surface area contributed by atoms with E-state index in [9.17, 15) is 4.79 Å². The van der Waals surface area contributed by atoms with Gasteiger partial charge >= 0.3 is 0 Å². The molecule has 2 aliphatic heterocycles. The van der Waals surface area contributed by atoms with Crippen molar-refractivity contribution >= 4 is 5.91 Å². The largest absolute Gasteiger partial charge is 0.341 e. The molecule has 0 bridgehead atoms. The normalized spacial score (nSPS) is 25.8. The molecule has 4 rings (SSSR count). The van der Waals surface area contributed by atoms with Gasteiger partial charge in [0, 0.05) is 32.1 Å². The first-order chi connectivity index (χ1) is 13.0. The molecule has 1 amide bonds. The van der Waals surface area contributed by atoms with Crippen molar-refractivity contribution in [3.05, 3.63) is 47.6 Å². The summed E-state index contributed by atoms with van der Waals surface area (Å²) < 4.78 is 5.67. The zero-order chi connectivity index (χ0) is 19.0. The van der Waals surface area contributed by atoms with E-state index in [1.165, 1.54) is 5.56 Å². The predicted molar refractivity (Wildman–Crippen MR) is 102 cm³/mol. The van der Waals surface area contributed by atoms with Gasteiger partial charge in [0.05, 0.1) is 5.41 Å². The number of fused-ring (bicyclic) bond motifs is 1. The molecular weight excluding hydrogens is 340 g/mol. The minimum absolute atomic E-state index is 0.00652. The second-order valence-corrected chi connectivity index (χ2v) is 8.36. The molecule has 0 spiro atoms. The third kappa shape index (κ3) is 3.38. The summed E-state index contributed by atoms with van der Waals surface area (Å²) in [5.74, 6) is 1.95. The molecule has 144 valence electrons. The highest BCUT2D eigenvalue weighted by atomic mass is 16.5. The van der Waals surface area contributed by atoms with Crippen molar-refractivity contribution in [2.45, 2.75) is 39.2 Å². The number of carbonyl (C=O) groups excluding carboxylic acids is 1. The predicted octanol–water partition coefficient (Wildman–Crippen LogP) is 2.64. The van der Waals surface area contributed by atoms with Crippen LogP contribution in [0.5, 0.6) is 0 Å². The number of amides is 1. The SMILES string of the molecule is Cc1noc([C@]23CN(Cc4ccccc4)CC[C@H]2CN(C(=O)C(C)C)C3)n1. The van der Waals surface area contributed by atoms with Crippen molar-refractivity contribution < 1.29 is 9.32 Å². The number of rotatable bonds is 4. The van der Waals surface area contributed by atoms with Crippen molar-refractivity contribution in [3.63, 3.8) is 0 Å². The fourth-order valence-electron chi connectivity index (χ4n) is 4.66. The van der Waals surface area contributed by atoms with Crippen LogP contribution in [-0.2, 0) is 16.8 Å². The Balaban J connectivity index is 1.62. The molecule has 2 aromatic rings. The van der Waals surface area contributed by atoms with Gasteiger partial charge in [-0.2, -0.15) is 4.98 Å². The van der Waals surface area contributed by atoms with E-state index >= 15 is 0 Å². The Hall–Kier alpha value is -2.21. The number of carbonyl (C=O) groups is 1. The average Bonchev–Trinajstić information content (AvgIpc) is 3.26. The molecule has 1 aromatic heterocycles. The van der Waals surface area contributed by atoms with E-state index in [4.69, 9.17) is 4.52 Å².